The van der Waals surface area contributed by atoms with E-state index in [1.807, 2.05) is 72.8 Å². The zero-order chi connectivity index (χ0) is 20.5. The SMILES string of the molecule is O=C1OC(C(=O)NC(c2ccccc2)c2cc3ccccc3o2)Cc2ccccc21. The maximum absolute atomic E-state index is 13.1. The predicted molar refractivity (Wildman–Crippen MR) is 112 cm³/mol. The lowest BCUT2D eigenvalue weighted by atomic mass is 9.97. The van der Waals surface area contributed by atoms with Crippen molar-refractivity contribution in [2.75, 3.05) is 0 Å². The third-order valence-electron chi connectivity index (χ3n) is 5.33. The van der Waals surface area contributed by atoms with Crippen molar-refractivity contribution >= 4 is 22.8 Å². The highest BCUT2D eigenvalue weighted by Crippen LogP contribution is 2.29. The largest absolute Gasteiger partial charge is 0.459 e. The number of amides is 1. The van der Waals surface area contributed by atoms with Crippen LogP contribution in [0, 0.1) is 0 Å². The lowest BCUT2D eigenvalue weighted by Crippen LogP contribution is -2.43. The lowest BCUT2D eigenvalue weighted by molar-refractivity contribution is -0.130. The standard InChI is InChI=1S/C25H19NO4/c27-24(22-14-17-10-4-6-12-19(17)25(28)30-22)26-23(16-8-2-1-3-9-16)21-15-18-11-5-7-13-20(18)29-21/h1-13,15,22-23H,14H2,(H,26,27). The monoisotopic (exact) mass is 397 g/mol. The van der Waals surface area contributed by atoms with Gasteiger partial charge in [-0.05, 0) is 29.3 Å². The summed E-state index contributed by atoms with van der Waals surface area (Å²) >= 11 is 0. The van der Waals surface area contributed by atoms with E-state index < -0.39 is 18.1 Å². The molecule has 1 aromatic heterocycles. The Hall–Kier alpha value is -3.86. The van der Waals surface area contributed by atoms with Crippen LogP contribution in [0.15, 0.2) is 89.3 Å². The Bertz CT molecular complexity index is 1200. The second-order valence-electron chi connectivity index (χ2n) is 7.29. The molecule has 1 aliphatic heterocycles. The molecule has 1 N–H and O–H groups in total. The van der Waals surface area contributed by atoms with Crippen LogP contribution in [0.2, 0.25) is 0 Å². The fourth-order valence-corrected chi connectivity index (χ4v) is 3.82. The van der Waals surface area contributed by atoms with Gasteiger partial charge in [-0.15, -0.1) is 0 Å². The molecule has 0 saturated carbocycles. The number of hydrogen-bond donors (Lipinski definition) is 1. The van der Waals surface area contributed by atoms with Gasteiger partial charge in [0, 0.05) is 11.8 Å². The van der Waals surface area contributed by atoms with Gasteiger partial charge in [-0.25, -0.2) is 4.79 Å². The van der Waals surface area contributed by atoms with Crippen molar-refractivity contribution < 1.29 is 18.7 Å². The Morgan fingerprint density at radius 2 is 1.67 bits per heavy atom. The first-order valence-electron chi connectivity index (χ1n) is 9.82. The van der Waals surface area contributed by atoms with Gasteiger partial charge in [0.15, 0.2) is 6.10 Å². The van der Waals surface area contributed by atoms with Gasteiger partial charge in [0.2, 0.25) is 0 Å². The number of carbonyl (C=O) groups is 2. The Morgan fingerprint density at radius 1 is 0.933 bits per heavy atom. The average Bonchev–Trinajstić information content (AvgIpc) is 3.22. The van der Waals surface area contributed by atoms with E-state index >= 15 is 0 Å². The van der Waals surface area contributed by atoms with Gasteiger partial charge in [-0.1, -0.05) is 66.7 Å². The number of fused-ring (bicyclic) bond motifs is 2. The van der Waals surface area contributed by atoms with E-state index in [2.05, 4.69) is 5.32 Å². The van der Waals surface area contributed by atoms with Crippen LogP contribution < -0.4 is 5.32 Å². The maximum atomic E-state index is 13.1. The highest BCUT2D eigenvalue weighted by molar-refractivity contribution is 5.96. The van der Waals surface area contributed by atoms with Gasteiger partial charge in [-0.3, -0.25) is 4.79 Å². The minimum atomic E-state index is -0.886. The normalized spacial score (nSPS) is 16.5. The zero-order valence-electron chi connectivity index (χ0n) is 16.1. The Balaban J connectivity index is 1.46. The van der Waals surface area contributed by atoms with Crippen LogP contribution >= 0.6 is 0 Å². The summed E-state index contributed by atoms with van der Waals surface area (Å²) in [6.45, 7) is 0. The molecule has 1 amide bonds. The summed E-state index contributed by atoms with van der Waals surface area (Å²) in [6, 6.07) is 25.9. The second kappa shape index (κ2) is 7.52. The maximum Gasteiger partial charge on any atom is 0.339 e. The number of carbonyl (C=O) groups excluding carboxylic acids is 2. The van der Waals surface area contributed by atoms with Crippen LogP contribution in [0.25, 0.3) is 11.0 Å². The van der Waals surface area contributed by atoms with E-state index in [4.69, 9.17) is 9.15 Å². The molecule has 5 heteroatoms. The number of ether oxygens (including phenoxy) is 1. The van der Waals surface area contributed by atoms with Gasteiger partial charge >= 0.3 is 5.97 Å². The molecule has 0 aliphatic carbocycles. The second-order valence-corrected chi connectivity index (χ2v) is 7.29. The minimum absolute atomic E-state index is 0.343. The minimum Gasteiger partial charge on any atom is -0.459 e. The molecule has 0 spiro atoms. The number of nitrogens with one attached hydrogen (secondary N) is 1. The molecule has 3 aromatic carbocycles. The van der Waals surface area contributed by atoms with Crippen LogP contribution in [0.5, 0.6) is 0 Å². The Labute approximate surface area is 173 Å². The van der Waals surface area contributed by atoms with E-state index in [9.17, 15) is 9.59 Å². The first-order valence-corrected chi connectivity index (χ1v) is 9.82. The van der Waals surface area contributed by atoms with Gasteiger partial charge in [-0.2, -0.15) is 0 Å². The van der Waals surface area contributed by atoms with Crippen molar-refractivity contribution in [1.29, 1.82) is 0 Å². The summed E-state index contributed by atoms with van der Waals surface area (Å²) < 4.78 is 11.5. The molecule has 30 heavy (non-hydrogen) atoms. The number of benzene rings is 3. The van der Waals surface area contributed by atoms with E-state index in [0.717, 1.165) is 22.1 Å². The summed E-state index contributed by atoms with van der Waals surface area (Å²) in [4.78, 5) is 25.4. The van der Waals surface area contributed by atoms with Crippen LogP contribution in [-0.4, -0.2) is 18.0 Å². The third-order valence-corrected chi connectivity index (χ3v) is 5.33. The van der Waals surface area contributed by atoms with Crippen molar-refractivity contribution in [1.82, 2.24) is 5.32 Å². The summed E-state index contributed by atoms with van der Waals surface area (Å²) in [6.07, 6.45) is -0.543. The van der Waals surface area contributed by atoms with E-state index in [1.54, 1.807) is 12.1 Å². The van der Waals surface area contributed by atoms with Crippen molar-refractivity contribution in [3.63, 3.8) is 0 Å². The quantitative estimate of drug-likeness (QED) is 0.518. The van der Waals surface area contributed by atoms with Gasteiger partial charge < -0.3 is 14.5 Å². The summed E-state index contributed by atoms with van der Waals surface area (Å²) in [5, 5.41) is 3.98. The fourth-order valence-electron chi connectivity index (χ4n) is 3.82. The molecule has 5 nitrogen and oxygen atoms in total. The number of para-hydroxylation sites is 1. The van der Waals surface area contributed by atoms with E-state index in [0.29, 0.717) is 17.7 Å². The molecule has 2 atom stereocenters. The lowest BCUT2D eigenvalue weighted by Gasteiger charge is -2.26. The van der Waals surface area contributed by atoms with Crippen LogP contribution in [0.3, 0.4) is 0 Å². The number of hydrogen-bond acceptors (Lipinski definition) is 4. The zero-order valence-corrected chi connectivity index (χ0v) is 16.1. The first kappa shape index (κ1) is 18.2. The summed E-state index contributed by atoms with van der Waals surface area (Å²) in [5.41, 5.74) is 2.96. The Morgan fingerprint density at radius 3 is 2.50 bits per heavy atom. The Kier molecular flexibility index (Phi) is 4.56. The molecule has 0 saturated heterocycles. The van der Waals surface area contributed by atoms with Gasteiger partial charge in [0.25, 0.3) is 5.91 Å². The van der Waals surface area contributed by atoms with Crippen molar-refractivity contribution in [3.05, 3.63) is 107 Å². The number of cyclic esters (lactones) is 1. The molecule has 2 unspecified atom stereocenters. The van der Waals surface area contributed by atoms with Crippen molar-refractivity contribution in [2.45, 2.75) is 18.6 Å². The summed E-state index contributed by atoms with van der Waals surface area (Å²) in [7, 11) is 0. The van der Waals surface area contributed by atoms with E-state index in [-0.39, 0.29) is 5.91 Å². The first-order chi connectivity index (χ1) is 14.7. The number of furan rings is 1. The van der Waals surface area contributed by atoms with Crippen molar-refractivity contribution in [3.8, 4) is 0 Å². The molecular weight excluding hydrogens is 378 g/mol. The van der Waals surface area contributed by atoms with Gasteiger partial charge in [0.05, 0.1) is 5.56 Å². The molecule has 148 valence electrons. The highest BCUT2D eigenvalue weighted by Gasteiger charge is 2.33. The smallest absolute Gasteiger partial charge is 0.339 e. The number of esters is 1. The molecular formula is C25H19NO4. The van der Waals surface area contributed by atoms with Crippen LogP contribution in [0.1, 0.15) is 33.3 Å². The molecule has 4 aromatic rings. The average molecular weight is 397 g/mol. The molecule has 0 bridgehead atoms. The fraction of sp³-hybridized carbons (Fsp3) is 0.120. The van der Waals surface area contributed by atoms with E-state index in [1.165, 1.54) is 0 Å². The van der Waals surface area contributed by atoms with Gasteiger partial charge in [0.1, 0.15) is 17.4 Å². The highest BCUT2D eigenvalue weighted by atomic mass is 16.5. The van der Waals surface area contributed by atoms with Crippen molar-refractivity contribution in [2.24, 2.45) is 0 Å². The van der Waals surface area contributed by atoms with Crippen LogP contribution in [-0.2, 0) is 16.0 Å². The third kappa shape index (κ3) is 3.35. The summed E-state index contributed by atoms with van der Waals surface area (Å²) in [5.74, 6) is -0.206. The van der Waals surface area contributed by atoms with Crippen LogP contribution in [0.4, 0.5) is 0 Å². The topological polar surface area (TPSA) is 68.5 Å². The number of rotatable bonds is 4. The molecule has 2 heterocycles. The molecule has 1 aliphatic rings. The molecule has 5 rings (SSSR count). The molecule has 0 fully saturated rings. The predicted octanol–water partition coefficient (Wildman–Crippen LogP) is 4.42. The molecule has 0 radical (unpaired) electrons.